The van der Waals surface area contributed by atoms with E-state index >= 15 is 0 Å². The summed E-state index contributed by atoms with van der Waals surface area (Å²) in [5.41, 5.74) is 0. The van der Waals surface area contributed by atoms with E-state index in [0.717, 1.165) is 0 Å². The molecular formula is C12H28AsCl. The monoisotopic (exact) mass is 282 g/mol. The minimum absolute atomic E-state index is 0. The molecule has 0 aliphatic carbocycles. The Hall–Kier alpha value is 0.848. The molecule has 0 saturated carbocycles. The van der Waals surface area contributed by atoms with Gasteiger partial charge in [-0.25, -0.2) is 0 Å². The zero-order valence-corrected chi connectivity index (χ0v) is 13.1. The van der Waals surface area contributed by atoms with Crippen LogP contribution in [0.5, 0.6) is 0 Å². The third-order valence-electron chi connectivity index (χ3n) is 2.79. The minimum atomic E-state index is -1.15. The number of hydrogen-bond acceptors (Lipinski definition) is 0. The molecule has 0 heterocycles. The predicted octanol–water partition coefficient (Wildman–Crippen LogP) is 2.08. The third-order valence-corrected chi connectivity index (χ3v) is 14.5. The van der Waals surface area contributed by atoms with Crippen molar-refractivity contribution in [2.75, 3.05) is 0 Å². The van der Waals surface area contributed by atoms with Crippen molar-refractivity contribution < 1.29 is 12.4 Å². The van der Waals surface area contributed by atoms with Crippen molar-refractivity contribution in [3.63, 3.8) is 0 Å². The second-order valence-corrected chi connectivity index (χ2v) is 13.6. The van der Waals surface area contributed by atoms with Crippen LogP contribution in [0.25, 0.3) is 0 Å². The van der Waals surface area contributed by atoms with Crippen LogP contribution in [0.4, 0.5) is 0 Å². The first-order valence-electron chi connectivity index (χ1n) is 6.09. The molecule has 0 aromatic heterocycles. The van der Waals surface area contributed by atoms with Gasteiger partial charge in [-0.2, -0.15) is 0 Å². The zero-order valence-electron chi connectivity index (χ0n) is 10.5. The molecule has 2 heteroatoms. The van der Waals surface area contributed by atoms with Crippen molar-refractivity contribution in [2.45, 2.75) is 74.2 Å². The van der Waals surface area contributed by atoms with Crippen LogP contribution in [0.15, 0.2) is 0 Å². The van der Waals surface area contributed by atoms with E-state index in [1.54, 1.807) is 20.8 Å². The number of halogens is 1. The summed E-state index contributed by atoms with van der Waals surface area (Å²) in [4.78, 5) is 0. The summed E-state index contributed by atoms with van der Waals surface area (Å²) in [5.74, 6) is 0. The molecule has 0 fully saturated rings. The van der Waals surface area contributed by atoms with E-state index in [1.165, 1.54) is 25.7 Å². The average Bonchev–Trinajstić information content (AvgIpc) is 2.06. The standard InChI is InChI=1S/C12H28As.ClH/c1-5-9-13(10-6-2,11-7-3)12-8-4;/h5-12H2,1-4H3;1H/q+1;/p-1. The zero-order chi connectivity index (χ0) is 10.2. The summed E-state index contributed by atoms with van der Waals surface area (Å²) >= 11 is -1.15. The normalized spacial score (nSPS) is 11.1. The molecule has 0 radical (unpaired) electrons. The Bertz CT molecular complexity index is 85.4. The molecule has 0 atom stereocenters. The first kappa shape index (κ1) is 17.2. The van der Waals surface area contributed by atoms with Gasteiger partial charge in [-0.1, -0.05) is 0 Å². The summed E-state index contributed by atoms with van der Waals surface area (Å²) in [7, 11) is 0. The van der Waals surface area contributed by atoms with Gasteiger partial charge in [0.15, 0.2) is 0 Å². The van der Waals surface area contributed by atoms with E-state index in [2.05, 4.69) is 27.7 Å². The number of rotatable bonds is 8. The van der Waals surface area contributed by atoms with Crippen LogP contribution >= 0.6 is 0 Å². The molecule has 0 nitrogen and oxygen atoms in total. The van der Waals surface area contributed by atoms with Crippen LogP contribution in [0, 0.1) is 0 Å². The summed E-state index contributed by atoms with van der Waals surface area (Å²) in [6.07, 6.45) is 5.75. The smallest absolute Gasteiger partial charge is 1.00 e. The van der Waals surface area contributed by atoms with Gasteiger partial charge in [0, 0.05) is 0 Å². The van der Waals surface area contributed by atoms with Crippen LogP contribution in [0.3, 0.4) is 0 Å². The van der Waals surface area contributed by atoms with Gasteiger partial charge in [0.1, 0.15) is 0 Å². The Labute approximate surface area is 100 Å². The Balaban J connectivity index is 0. The van der Waals surface area contributed by atoms with Crippen LogP contribution in [-0.2, 0) is 0 Å². The van der Waals surface area contributed by atoms with E-state index in [-0.39, 0.29) is 12.4 Å². The van der Waals surface area contributed by atoms with Gasteiger partial charge < -0.3 is 12.4 Å². The fraction of sp³-hybridized carbons (Fsp3) is 1.00. The Kier molecular flexibility index (Phi) is 12.8. The van der Waals surface area contributed by atoms with Gasteiger partial charge in [-0.15, -0.1) is 0 Å². The van der Waals surface area contributed by atoms with Gasteiger partial charge in [0.25, 0.3) is 0 Å². The molecular weight excluding hydrogens is 255 g/mol. The van der Waals surface area contributed by atoms with Crippen molar-refractivity contribution in [3.8, 4) is 0 Å². The van der Waals surface area contributed by atoms with Crippen molar-refractivity contribution in [2.24, 2.45) is 0 Å². The topological polar surface area (TPSA) is 0 Å². The molecule has 0 amide bonds. The van der Waals surface area contributed by atoms with E-state index < -0.39 is 13.6 Å². The van der Waals surface area contributed by atoms with Crippen molar-refractivity contribution in [1.82, 2.24) is 0 Å². The van der Waals surface area contributed by atoms with E-state index in [0.29, 0.717) is 0 Å². The van der Waals surface area contributed by atoms with Gasteiger partial charge in [-0.05, 0) is 0 Å². The molecule has 0 unspecified atom stereocenters. The van der Waals surface area contributed by atoms with Gasteiger partial charge in [0.05, 0.1) is 0 Å². The van der Waals surface area contributed by atoms with Crippen molar-refractivity contribution >= 4 is 13.6 Å². The molecule has 0 aromatic carbocycles. The molecule has 0 aliphatic rings. The molecule has 88 valence electrons. The molecule has 0 bridgehead atoms. The van der Waals surface area contributed by atoms with Crippen LogP contribution in [-0.4, -0.2) is 13.6 Å². The molecule has 0 spiro atoms. The first-order valence-corrected chi connectivity index (χ1v) is 11.4. The van der Waals surface area contributed by atoms with Crippen LogP contribution < -0.4 is 12.4 Å². The Morgan fingerprint density at radius 2 is 0.786 bits per heavy atom. The van der Waals surface area contributed by atoms with Crippen LogP contribution in [0.1, 0.15) is 53.4 Å². The molecule has 14 heavy (non-hydrogen) atoms. The predicted molar refractivity (Wildman–Crippen MR) is 66.1 cm³/mol. The van der Waals surface area contributed by atoms with E-state index in [9.17, 15) is 0 Å². The fourth-order valence-electron chi connectivity index (χ4n) is 2.57. The third kappa shape index (κ3) is 6.35. The van der Waals surface area contributed by atoms with Crippen molar-refractivity contribution in [1.29, 1.82) is 0 Å². The molecule has 0 aliphatic heterocycles. The maximum atomic E-state index is 2.37. The first-order chi connectivity index (χ1) is 6.24. The maximum Gasteiger partial charge on any atom is -1.00 e. The van der Waals surface area contributed by atoms with E-state index in [1.807, 2.05) is 0 Å². The number of hydrogen-bond donors (Lipinski definition) is 0. The summed E-state index contributed by atoms with van der Waals surface area (Å²) in [5, 5.41) is 6.48. The SMILES string of the molecule is CCC[As+](CCC)(CCC)CCC.[Cl-]. The summed E-state index contributed by atoms with van der Waals surface area (Å²) in [6, 6.07) is 0. The maximum absolute atomic E-state index is 2.37. The molecule has 0 saturated heterocycles. The Morgan fingerprint density at radius 3 is 0.929 bits per heavy atom. The van der Waals surface area contributed by atoms with Crippen molar-refractivity contribution in [3.05, 3.63) is 0 Å². The van der Waals surface area contributed by atoms with Gasteiger partial charge in [0.2, 0.25) is 0 Å². The fourth-order valence-corrected chi connectivity index (χ4v) is 13.3. The van der Waals surface area contributed by atoms with Gasteiger partial charge >= 0.3 is 87.8 Å². The molecule has 0 aromatic rings. The Morgan fingerprint density at radius 1 is 0.571 bits per heavy atom. The second kappa shape index (κ2) is 10.4. The minimum Gasteiger partial charge on any atom is -1.00 e. The average molecular weight is 283 g/mol. The van der Waals surface area contributed by atoms with Gasteiger partial charge in [-0.3, -0.25) is 0 Å². The molecule has 0 N–H and O–H groups in total. The largest absolute Gasteiger partial charge is 1.00 e. The summed E-state index contributed by atoms with van der Waals surface area (Å²) < 4.78 is 0. The van der Waals surface area contributed by atoms with E-state index in [4.69, 9.17) is 0 Å². The second-order valence-electron chi connectivity index (χ2n) is 4.24. The summed E-state index contributed by atoms with van der Waals surface area (Å²) in [6.45, 7) is 9.49. The molecule has 0 rings (SSSR count). The quantitative estimate of drug-likeness (QED) is 0.598. The van der Waals surface area contributed by atoms with Crippen LogP contribution in [0.2, 0.25) is 20.8 Å².